The molecule has 1 heterocycles. The maximum atomic E-state index is 13.2. The summed E-state index contributed by atoms with van der Waals surface area (Å²) in [4.78, 5) is 27.8. The van der Waals surface area contributed by atoms with Crippen LogP contribution < -0.4 is 14.9 Å². The van der Waals surface area contributed by atoms with Gasteiger partial charge in [0.1, 0.15) is 0 Å². The number of para-hydroxylation sites is 1. The zero-order valence-corrected chi connectivity index (χ0v) is 19.1. The van der Waals surface area contributed by atoms with Crippen molar-refractivity contribution in [3.63, 3.8) is 0 Å². The van der Waals surface area contributed by atoms with Crippen molar-refractivity contribution in [2.75, 3.05) is 21.5 Å². The van der Waals surface area contributed by atoms with E-state index in [0.717, 1.165) is 16.5 Å². The second kappa shape index (κ2) is 8.31. The first-order valence-corrected chi connectivity index (χ1v) is 12.2. The largest absolute Gasteiger partial charge is 0.321 e. The molecule has 2 amide bonds. The van der Waals surface area contributed by atoms with Crippen molar-refractivity contribution < 1.29 is 18.0 Å². The zero-order valence-electron chi connectivity index (χ0n) is 18.3. The lowest BCUT2D eigenvalue weighted by molar-refractivity contribution is 0.0992. The van der Waals surface area contributed by atoms with Crippen LogP contribution in [0.2, 0.25) is 0 Å². The molecule has 0 atom stereocenters. The third-order valence-electron chi connectivity index (χ3n) is 5.82. The zero-order chi connectivity index (χ0) is 23.9. The second-order valence-electron chi connectivity index (χ2n) is 7.83. The van der Waals surface area contributed by atoms with E-state index < -0.39 is 15.9 Å². The van der Waals surface area contributed by atoms with E-state index in [9.17, 15) is 18.0 Å². The summed E-state index contributed by atoms with van der Waals surface area (Å²) in [7, 11) is -3.87. The van der Waals surface area contributed by atoms with Crippen molar-refractivity contribution in [1.82, 2.24) is 0 Å². The summed E-state index contributed by atoms with van der Waals surface area (Å²) in [6.07, 6.45) is 0. The monoisotopic (exact) mass is 471 g/mol. The molecule has 0 aromatic heterocycles. The smallest absolute Gasteiger partial charge is 0.261 e. The summed E-state index contributed by atoms with van der Waals surface area (Å²) in [5.74, 6) is -0.532. The van der Waals surface area contributed by atoms with Crippen molar-refractivity contribution in [3.05, 3.63) is 96.1 Å². The number of rotatable bonds is 6. The van der Waals surface area contributed by atoms with Gasteiger partial charge >= 0.3 is 0 Å². The first-order valence-electron chi connectivity index (χ1n) is 10.8. The molecule has 0 fully saturated rings. The number of hydrogen-bond donors (Lipinski definition) is 2. The fourth-order valence-electron chi connectivity index (χ4n) is 4.23. The Morgan fingerprint density at radius 3 is 2.35 bits per heavy atom. The summed E-state index contributed by atoms with van der Waals surface area (Å²) < 4.78 is 28.1. The normalized spacial score (nSPS) is 12.7. The first-order chi connectivity index (χ1) is 16.4. The van der Waals surface area contributed by atoms with Gasteiger partial charge in [-0.2, -0.15) is 0 Å². The molecule has 0 aliphatic carbocycles. The maximum Gasteiger partial charge on any atom is 0.261 e. The third-order valence-corrected chi connectivity index (χ3v) is 7.20. The number of carbonyl (C=O) groups is 2. The van der Waals surface area contributed by atoms with Crippen LogP contribution >= 0.6 is 0 Å². The number of nitrogens with one attached hydrogen (secondary N) is 2. The molecule has 7 nitrogen and oxygen atoms in total. The molecule has 1 aliphatic rings. The fourth-order valence-corrected chi connectivity index (χ4v) is 5.33. The molecule has 1 aliphatic heterocycles. The minimum absolute atomic E-state index is 0.0627. The average Bonchev–Trinajstić information content (AvgIpc) is 3.13. The quantitative estimate of drug-likeness (QED) is 0.419. The Morgan fingerprint density at radius 1 is 0.853 bits per heavy atom. The molecule has 5 rings (SSSR count). The van der Waals surface area contributed by atoms with E-state index in [-0.39, 0.29) is 22.1 Å². The summed E-state index contributed by atoms with van der Waals surface area (Å²) in [5.41, 5.74) is 2.30. The Bertz CT molecular complexity index is 1550. The molecule has 0 spiro atoms. The molecule has 0 bridgehead atoms. The van der Waals surface area contributed by atoms with Crippen LogP contribution in [0.25, 0.3) is 10.8 Å². The number of carbonyl (C=O) groups excluding carboxylic acids is 2. The number of amides is 2. The van der Waals surface area contributed by atoms with Crippen molar-refractivity contribution >= 4 is 49.7 Å². The highest BCUT2D eigenvalue weighted by Gasteiger charge is 2.29. The van der Waals surface area contributed by atoms with Crippen LogP contribution in [0.15, 0.2) is 89.8 Å². The molecule has 0 saturated carbocycles. The minimum Gasteiger partial charge on any atom is -0.321 e. The van der Waals surface area contributed by atoms with E-state index in [2.05, 4.69) is 10.0 Å². The predicted molar refractivity (Wildman–Crippen MR) is 133 cm³/mol. The standard InChI is InChI=1S/C26H21N3O4S/c1-2-29-23-16-15-21(18-12-8-13-20(24(18)23)26(29)31)27-25(30)19-11-6-7-14-22(19)28-34(32,33)17-9-4-3-5-10-17/h3-16,28H,2H2,1H3,(H,27,30). The van der Waals surface area contributed by atoms with Crippen molar-refractivity contribution in [1.29, 1.82) is 0 Å². The van der Waals surface area contributed by atoms with E-state index >= 15 is 0 Å². The second-order valence-corrected chi connectivity index (χ2v) is 9.51. The van der Waals surface area contributed by atoms with Gasteiger partial charge in [-0.25, -0.2) is 8.42 Å². The number of hydrogen-bond acceptors (Lipinski definition) is 4. The van der Waals surface area contributed by atoms with E-state index in [1.54, 1.807) is 65.6 Å². The highest BCUT2D eigenvalue weighted by molar-refractivity contribution is 7.92. The molecule has 0 radical (unpaired) electrons. The molecule has 34 heavy (non-hydrogen) atoms. The summed E-state index contributed by atoms with van der Waals surface area (Å²) >= 11 is 0. The highest BCUT2D eigenvalue weighted by Crippen LogP contribution is 2.40. The van der Waals surface area contributed by atoms with Gasteiger partial charge in [0.05, 0.1) is 21.8 Å². The molecule has 2 N–H and O–H groups in total. The molecule has 4 aromatic rings. The van der Waals surface area contributed by atoms with Crippen LogP contribution in [-0.4, -0.2) is 26.8 Å². The van der Waals surface area contributed by atoms with Crippen LogP contribution in [0.1, 0.15) is 27.6 Å². The lowest BCUT2D eigenvalue weighted by Gasteiger charge is -2.16. The highest BCUT2D eigenvalue weighted by atomic mass is 32.2. The molecule has 170 valence electrons. The Labute approximate surface area is 197 Å². The van der Waals surface area contributed by atoms with Crippen LogP contribution in [0.4, 0.5) is 17.1 Å². The number of sulfonamides is 1. The molecule has 4 aromatic carbocycles. The SMILES string of the molecule is CCN1C(=O)c2cccc3c(NC(=O)c4ccccc4NS(=O)(=O)c4ccccc4)ccc1c23. The topological polar surface area (TPSA) is 95.6 Å². The predicted octanol–water partition coefficient (Wildman–Crippen LogP) is 4.87. The van der Waals surface area contributed by atoms with Gasteiger partial charge < -0.3 is 10.2 Å². The maximum absolute atomic E-state index is 13.2. The Kier molecular flexibility index (Phi) is 5.30. The summed E-state index contributed by atoms with van der Waals surface area (Å²) in [6, 6.07) is 23.4. The van der Waals surface area contributed by atoms with Gasteiger partial charge in [-0.3, -0.25) is 14.3 Å². The van der Waals surface area contributed by atoms with Crippen molar-refractivity contribution in [3.8, 4) is 0 Å². The Balaban J connectivity index is 1.49. The number of benzene rings is 4. The fraction of sp³-hybridized carbons (Fsp3) is 0.0769. The summed E-state index contributed by atoms with van der Waals surface area (Å²) in [5, 5.41) is 4.44. The molecule has 0 saturated heterocycles. The van der Waals surface area contributed by atoms with Crippen LogP contribution in [0, 0.1) is 0 Å². The van der Waals surface area contributed by atoms with Gasteiger partial charge in [0.15, 0.2) is 0 Å². The molecule has 0 unspecified atom stereocenters. The Hall–Kier alpha value is -4.17. The lowest BCUT2D eigenvalue weighted by Crippen LogP contribution is -2.25. The van der Waals surface area contributed by atoms with Crippen LogP contribution in [0.3, 0.4) is 0 Å². The van der Waals surface area contributed by atoms with E-state index in [1.807, 2.05) is 19.1 Å². The third kappa shape index (κ3) is 3.58. The first kappa shape index (κ1) is 21.7. The number of nitrogens with zero attached hydrogens (tertiary/aromatic N) is 1. The molecular formula is C26H21N3O4S. The van der Waals surface area contributed by atoms with E-state index in [4.69, 9.17) is 0 Å². The van der Waals surface area contributed by atoms with Gasteiger partial charge in [-0.1, -0.05) is 42.5 Å². The van der Waals surface area contributed by atoms with Gasteiger partial charge in [-0.15, -0.1) is 0 Å². The van der Waals surface area contributed by atoms with Crippen LogP contribution in [0.5, 0.6) is 0 Å². The van der Waals surface area contributed by atoms with Crippen LogP contribution in [-0.2, 0) is 10.0 Å². The molecular weight excluding hydrogens is 450 g/mol. The van der Waals surface area contributed by atoms with E-state index in [1.165, 1.54) is 12.1 Å². The summed E-state index contributed by atoms with van der Waals surface area (Å²) in [6.45, 7) is 2.46. The minimum atomic E-state index is -3.87. The van der Waals surface area contributed by atoms with E-state index in [0.29, 0.717) is 17.8 Å². The van der Waals surface area contributed by atoms with Crippen molar-refractivity contribution in [2.24, 2.45) is 0 Å². The Morgan fingerprint density at radius 2 is 1.59 bits per heavy atom. The van der Waals surface area contributed by atoms with Gasteiger partial charge in [0.25, 0.3) is 21.8 Å². The average molecular weight is 472 g/mol. The number of anilines is 3. The lowest BCUT2D eigenvalue weighted by atomic mass is 10.0. The van der Waals surface area contributed by atoms with Gasteiger partial charge in [-0.05, 0) is 49.4 Å². The van der Waals surface area contributed by atoms with Gasteiger partial charge in [0, 0.05) is 28.6 Å². The molecule has 8 heteroatoms. The van der Waals surface area contributed by atoms with Crippen molar-refractivity contribution in [2.45, 2.75) is 11.8 Å². The van der Waals surface area contributed by atoms with Gasteiger partial charge in [0.2, 0.25) is 0 Å².